The second-order valence-corrected chi connectivity index (χ2v) is 6.38. The Bertz CT molecular complexity index is 917. The number of rotatable bonds is 4. The molecule has 0 heterocycles. The lowest BCUT2D eigenvalue weighted by Crippen LogP contribution is -2.15. The van der Waals surface area contributed by atoms with Gasteiger partial charge in [0, 0.05) is 5.56 Å². The second kappa shape index (κ2) is 8.74. The maximum Gasteiger partial charge on any atom is 0.343 e. The maximum absolute atomic E-state index is 11.9. The zero-order chi connectivity index (χ0) is 19.9. The standard InChI is InChI=1S/C15H12N2O4.CH4O3S/c16-13(17)10-6-7-12(11(8-10)14(18)19)21-15(20)9-4-2-1-3-5-9;1-5(2,3)4/h1-8H,(H3,16,17)(H,18,19);1H3,(H,2,3,4). The van der Waals surface area contributed by atoms with Crippen molar-refractivity contribution in [2.45, 2.75) is 0 Å². The molecule has 0 amide bonds. The molecule has 2 rings (SSSR count). The van der Waals surface area contributed by atoms with E-state index in [2.05, 4.69) is 0 Å². The normalized spacial score (nSPS) is 10.2. The number of hydrogen-bond donors (Lipinski definition) is 4. The Kier molecular flexibility index (Phi) is 6.99. The van der Waals surface area contributed by atoms with Crippen LogP contribution in [0.1, 0.15) is 26.3 Å². The number of carboxylic acid groups (broad SMARTS) is 1. The Morgan fingerprint density at radius 1 is 1.08 bits per heavy atom. The summed E-state index contributed by atoms with van der Waals surface area (Å²) >= 11 is 0. The summed E-state index contributed by atoms with van der Waals surface area (Å²) in [5.41, 5.74) is 5.63. The van der Waals surface area contributed by atoms with Gasteiger partial charge in [0.2, 0.25) is 0 Å². The van der Waals surface area contributed by atoms with Crippen molar-refractivity contribution in [1.29, 1.82) is 5.41 Å². The lowest BCUT2D eigenvalue weighted by molar-refractivity contribution is 0.0681. The van der Waals surface area contributed by atoms with Crippen LogP contribution in [0.5, 0.6) is 5.75 Å². The van der Waals surface area contributed by atoms with Gasteiger partial charge in [0.25, 0.3) is 10.1 Å². The van der Waals surface area contributed by atoms with Crippen LogP contribution in [0, 0.1) is 5.41 Å². The smallest absolute Gasteiger partial charge is 0.343 e. The highest BCUT2D eigenvalue weighted by Gasteiger charge is 2.17. The number of nitrogen functional groups attached to an aromatic ring is 1. The largest absolute Gasteiger partial charge is 0.478 e. The minimum Gasteiger partial charge on any atom is -0.478 e. The number of carboxylic acids is 1. The molecule has 0 bridgehead atoms. The predicted molar refractivity (Wildman–Crippen MR) is 93.3 cm³/mol. The van der Waals surface area contributed by atoms with Crippen LogP contribution in [0.15, 0.2) is 48.5 Å². The van der Waals surface area contributed by atoms with E-state index in [0.717, 1.165) is 0 Å². The third-order valence-corrected chi connectivity index (χ3v) is 2.73. The summed E-state index contributed by atoms with van der Waals surface area (Å²) in [5, 5.41) is 16.4. The molecule has 0 spiro atoms. The molecule has 0 atom stereocenters. The number of ether oxygens (including phenoxy) is 1. The van der Waals surface area contributed by atoms with E-state index in [0.29, 0.717) is 11.8 Å². The lowest BCUT2D eigenvalue weighted by atomic mass is 10.1. The Morgan fingerprint density at radius 2 is 1.62 bits per heavy atom. The molecule has 9 nitrogen and oxygen atoms in total. The van der Waals surface area contributed by atoms with Gasteiger partial charge < -0.3 is 15.6 Å². The summed E-state index contributed by atoms with van der Waals surface area (Å²) in [7, 11) is -3.67. The van der Waals surface area contributed by atoms with Crippen LogP contribution < -0.4 is 10.5 Å². The van der Waals surface area contributed by atoms with Crippen LogP contribution in [0.25, 0.3) is 0 Å². The summed E-state index contributed by atoms with van der Waals surface area (Å²) in [6.07, 6.45) is 0.715. The number of nitrogens with one attached hydrogen (secondary N) is 1. The molecule has 0 fully saturated rings. The summed E-state index contributed by atoms with van der Waals surface area (Å²) in [6.45, 7) is 0. The molecule has 2 aromatic carbocycles. The fourth-order valence-electron chi connectivity index (χ4n) is 1.69. The van der Waals surface area contributed by atoms with E-state index >= 15 is 0 Å². The highest BCUT2D eigenvalue weighted by atomic mass is 32.2. The van der Waals surface area contributed by atoms with Crippen LogP contribution in [-0.2, 0) is 10.1 Å². The molecule has 0 aliphatic heterocycles. The van der Waals surface area contributed by atoms with E-state index in [4.69, 9.17) is 25.5 Å². The van der Waals surface area contributed by atoms with Crippen LogP contribution in [0.2, 0.25) is 0 Å². The first-order valence-corrected chi connectivity index (χ1v) is 8.75. The predicted octanol–water partition coefficient (Wildman–Crippen LogP) is 1.39. The lowest BCUT2D eigenvalue weighted by Gasteiger charge is -2.09. The first-order chi connectivity index (χ1) is 12.0. The van der Waals surface area contributed by atoms with Gasteiger partial charge in [0.1, 0.15) is 17.1 Å². The van der Waals surface area contributed by atoms with Gasteiger partial charge in [-0.15, -0.1) is 0 Å². The molecule has 5 N–H and O–H groups in total. The minimum absolute atomic E-state index is 0.0960. The highest BCUT2D eigenvalue weighted by Crippen LogP contribution is 2.21. The summed E-state index contributed by atoms with van der Waals surface area (Å²) in [5.74, 6) is -2.29. The van der Waals surface area contributed by atoms with Gasteiger partial charge in [-0.1, -0.05) is 18.2 Å². The second-order valence-electron chi connectivity index (χ2n) is 4.92. The minimum atomic E-state index is -3.67. The van der Waals surface area contributed by atoms with Gasteiger partial charge in [-0.3, -0.25) is 9.96 Å². The van der Waals surface area contributed by atoms with Crippen molar-refractivity contribution < 1.29 is 32.4 Å². The molecule has 0 aliphatic carbocycles. The van der Waals surface area contributed by atoms with Crippen molar-refractivity contribution in [2.24, 2.45) is 5.73 Å². The molecule has 26 heavy (non-hydrogen) atoms. The molecule has 2 aromatic rings. The van der Waals surface area contributed by atoms with Gasteiger partial charge >= 0.3 is 11.9 Å². The number of hydrogen-bond acceptors (Lipinski definition) is 6. The zero-order valence-electron chi connectivity index (χ0n) is 13.5. The number of esters is 1. The molecule has 0 radical (unpaired) electrons. The Morgan fingerprint density at radius 3 is 2.08 bits per heavy atom. The molecular formula is C16H16N2O7S. The first-order valence-electron chi connectivity index (χ1n) is 6.90. The number of benzene rings is 2. The van der Waals surface area contributed by atoms with E-state index in [1.54, 1.807) is 30.3 Å². The van der Waals surface area contributed by atoms with Crippen molar-refractivity contribution in [2.75, 3.05) is 6.26 Å². The van der Waals surface area contributed by atoms with E-state index in [1.807, 2.05) is 0 Å². The van der Waals surface area contributed by atoms with E-state index in [-0.39, 0.29) is 22.7 Å². The Labute approximate surface area is 149 Å². The van der Waals surface area contributed by atoms with Gasteiger partial charge in [-0.05, 0) is 30.3 Å². The molecule has 0 saturated carbocycles. The summed E-state index contributed by atoms with van der Waals surface area (Å²) in [4.78, 5) is 23.1. The molecule has 0 saturated heterocycles. The number of carbonyl (C=O) groups excluding carboxylic acids is 1. The fourth-order valence-corrected chi connectivity index (χ4v) is 1.69. The quantitative estimate of drug-likeness (QED) is 0.203. The van der Waals surface area contributed by atoms with Crippen LogP contribution in [0.4, 0.5) is 0 Å². The monoisotopic (exact) mass is 380 g/mol. The molecule has 0 unspecified atom stereocenters. The number of nitrogens with two attached hydrogens (primary N) is 1. The van der Waals surface area contributed by atoms with Crippen molar-refractivity contribution in [1.82, 2.24) is 0 Å². The van der Waals surface area contributed by atoms with Crippen molar-refractivity contribution in [3.8, 4) is 5.75 Å². The van der Waals surface area contributed by atoms with Gasteiger partial charge in [-0.2, -0.15) is 8.42 Å². The van der Waals surface area contributed by atoms with Gasteiger partial charge in [-0.25, -0.2) is 9.59 Å². The highest BCUT2D eigenvalue weighted by molar-refractivity contribution is 7.85. The van der Waals surface area contributed by atoms with Crippen molar-refractivity contribution in [3.05, 3.63) is 65.2 Å². The average molecular weight is 380 g/mol. The van der Waals surface area contributed by atoms with Gasteiger partial charge in [0.15, 0.2) is 0 Å². The SMILES string of the molecule is CS(=O)(=O)O.N=C(N)c1ccc(OC(=O)c2ccccc2)c(C(=O)O)c1. The Hall–Kier alpha value is -3.24. The fraction of sp³-hybridized carbons (Fsp3) is 0.0625. The van der Waals surface area contributed by atoms with Gasteiger partial charge in [0.05, 0.1) is 11.8 Å². The zero-order valence-corrected chi connectivity index (χ0v) is 14.4. The number of aromatic carboxylic acids is 1. The summed E-state index contributed by atoms with van der Waals surface area (Å²) in [6, 6.07) is 12.1. The third kappa shape index (κ3) is 7.11. The van der Waals surface area contributed by atoms with Crippen LogP contribution in [0.3, 0.4) is 0 Å². The van der Waals surface area contributed by atoms with Crippen molar-refractivity contribution >= 4 is 27.9 Å². The molecule has 10 heteroatoms. The average Bonchev–Trinajstić information content (AvgIpc) is 2.54. The topological polar surface area (TPSA) is 168 Å². The van der Waals surface area contributed by atoms with E-state index < -0.39 is 22.1 Å². The molecule has 0 aliphatic rings. The number of amidine groups is 1. The molecular weight excluding hydrogens is 364 g/mol. The molecule has 0 aromatic heterocycles. The number of carbonyl (C=O) groups is 2. The van der Waals surface area contributed by atoms with E-state index in [1.165, 1.54) is 18.2 Å². The summed E-state index contributed by atoms with van der Waals surface area (Å²) < 4.78 is 31.0. The maximum atomic E-state index is 11.9. The van der Waals surface area contributed by atoms with Crippen LogP contribution >= 0.6 is 0 Å². The van der Waals surface area contributed by atoms with Crippen molar-refractivity contribution in [3.63, 3.8) is 0 Å². The molecule has 138 valence electrons. The van der Waals surface area contributed by atoms with Crippen LogP contribution in [-0.4, -0.2) is 42.1 Å². The van der Waals surface area contributed by atoms with E-state index in [9.17, 15) is 18.0 Å². The first kappa shape index (κ1) is 20.8. The third-order valence-electron chi connectivity index (χ3n) is 2.73. The Balaban J connectivity index is 0.000000597.